The number of hydrogen-bond donors (Lipinski definition) is 1. The summed E-state index contributed by atoms with van der Waals surface area (Å²) in [6, 6.07) is 17.7. The third-order valence-corrected chi connectivity index (χ3v) is 5.82. The Morgan fingerprint density at radius 1 is 0.933 bits per heavy atom. The van der Waals surface area contributed by atoms with Gasteiger partial charge in [-0.25, -0.2) is 22.3 Å². The normalized spacial score (nSPS) is 11.7. The Bertz CT molecular complexity index is 1130. The second-order valence-corrected chi connectivity index (χ2v) is 9.09. The van der Waals surface area contributed by atoms with Crippen LogP contribution in [0.4, 0.5) is 14.5 Å². The molecule has 0 saturated heterocycles. The molecule has 0 heterocycles. The van der Waals surface area contributed by atoms with Crippen LogP contribution in [0.1, 0.15) is 36.5 Å². The minimum atomic E-state index is -3.88. The van der Waals surface area contributed by atoms with Crippen molar-refractivity contribution in [3.8, 4) is 0 Å². The number of anilines is 1. The molecule has 0 aliphatic carbocycles. The number of halogens is 2. The first-order valence-corrected chi connectivity index (χ1v) is 11.1. The quantitative estimate of drug-likeness (QED) is 0.577. The van der Waals surface area contributed by atoms with Crippen LogP contribution in [0.3, 0.4) is 0 Å². The standard InChI is InChI=1S/C23H24F2N2O2S/c1-16(2)18-8-6-17(7-9-18)14-27(15-19-10-11-20(24)12-23(19)25)21-4-3-5-22(13-21)30(26,28)29/h3-13,16H,14-15H2,1-2H3,(H2,26,28,29). The van der Waals surface area contributed by atoms with Crippen molar-refractivity contribution in [3.63, 3.8) is 0 Å². The van der Waals surface area contributed by atoms with E-state index in [4.69, 9.17) is 5.14 Å². The van der Waals surface area contributed by atoms with Crippen molar-refractivity contribution in [2.75, 3.05) is 4.90 Å². The highest BCUT2D eigenvalue weighted by Gasteiger charge is 2.15. The molecule has 30 heavy (non-hydrogen) atoms. The highest BCUT2D eigenvalue weighted by Crippen LogP contribution is 2.25. The lowest BCUT2D eigenvalue weighted by Crippen LogP contribution is -2.23. The Morgan fingerprint density at radius 3 is 2.23 bits per heavy atom. The third kappa shape index (κ3) is 5.43. The van der Waals surface area contributed by atoms with Gasteiger partial charge >= 0.3 is 0 Å². The first-order valence-electron chi connectivity index (χ1n) is 9.54. The summed E-state index contributed by atoms with van der Waals surface area (Å²) in [5.74, 6) is -0.907. The number of hydrogen-bond acceptors (Lipinski definition) is 3. The highest BCUT2D eigenvalue weighted by molar-refractivity contribution is 7.89. The van der Waals surface area contributed by atoms with Crippen LogP contribution in [-0.4, -0.2) is 8.42 Å². The molecule has 0 saturated carbocycles. The zero-order chi connectivity index (χ0) is 21.9. The summed E-state index contributed by atoms with van der Waals surface area (Å²) in [4.78, 5) is 1.80. The SMILES string of the molecule is CC(C)c1ccc(CN(Cc2ccc(F)cc2F)c2cccc(S(N)(=O)=O)c2)cc1. The Balaban J connectivity index is 1.97. The van der Waals surface area contributed by atoms with Gasteiger partial charge in [0.2, 0.25) is 10.0 Å². The molecule has 0 bridgehead atoms. The molecule has 0 fully saturated rings. The van der Waals surface area contributed by atoms with E-state index < -0.39 is 21.7 Å². The van der Waals surface area contributed by atoms with Gasteiger partial charge in [-0.15, -0.1) is 0 Å². The average molecular weight is 431 g/mol. The lowest BCUT2D eigenvalue weighted by Gasteiger charge is -2.26. The molecule has 0 spiro atoms. The number of nitrogens with zero attached hydrogens (tertiary/aromatic N) is 1. The van der Waals surface area contributed by atoms with E-state index in [1.807, 2.05) is 29.2 Å². The van der Waals surface area contributed by atoms with E-state index in [-0.39, 0.29) is 11.4 Å². The number of rotatable bonds is 7. The summed E-state index contributed by atoms with van der Waals surface area (Å²) >= 11 is 0. The first-order chi connectivity index (χ1) is 14.1. The van der Waals surface area contributed by atoms with Gasteiger partial charge in [0.25, 0.3) is 0 Å². The van der Waals surface area contributed by atoms with Crippen LogP contribution in [0.2, 0.25) is 0 Å². The van der Waals surface area contributed by atoms with E-state index in [9.17, 15) is 17.2 Å². The fourth-order valence-electron chi connectivity index (χ4n) is 3.18. The third-order valence-electron chi connectivity index (χ3n) is 4.91. The van der Waals surface area contributed by atoms with Gasteiger partial charge < -0.3 is 4.90 Å². The van der Waals surface area contributed by atoms with Crippen LogP contribution in [0.25, 0.3) is 0 Å². The summed E-state index contributed by atoms with van der Waals surface area (Å²) in [6.07, 6.45) is 0. The number of nitrogens with two attached hydrogens (primary N) is 1. The van der Waals surface area contributed by atoms with Gasteiger partial charge in [-0.3, -0.25) is 0 Å². The minimum absolute atomic E-state index is 0.0280. The molecule has 3 rings (SSSR count). The molecule has 7 heteroatoms. The zero-order valence-electron chi connectivity index (χ0n) is 16.8. The van der Waals surface area contributed by atoms with Crippen molar-refractivity contribution in [2.24, 2.45) is 5.14 Å². The smallest absolute Gasteiger partial charge is 0.238 e. The van der Waals surface area contributed by atoms with Gasteiger partial charge in [0.15, 0.2) is 0 Å². The molecule has 0 aromatic heterocycles. The highest BCUT2D eigenvalue weighted by atomic mass is 32.2. The van der Waals surface area contributed by atoms with E-state index in [2.05, 4.69) is 13.8 Å². The van der Waals surface area contributed by atoms with Crippen molar-refractivity contribution in [1.29, 1.82) is 0 Å². The van der Waals surface area contributed by atoms with Gasteiger partial charge in [0.05, 0.1) is 4.90 Å². The van der Waals surface area contributed by atoms with Crippen LogP contribution in [0.15, 0.2) is 71.6 Å². The molecule has 0 aliphatic rings. The number of benzene rings is 3. The van der Waals surface area contributed by atoms with Gasteiger partial charge in [-0.2, -0.15) is 0 Å². The van der Waals surface area contributed by atoms with Crippen molar-refractivity contribution in [3.05, 3.63) is 95.1 Å². The summed E-state index contributed by atoms with van der Waals surface area (Å²) in [5.41, 5.74) is 3.04. The average Bonchev–Trinajstić information content (AvgIpc) is 2.69. The zero-order valence-corrected chi connectivity index (χ0v) is 17.7. The molecule has 0 amide bonds. The molecule has 158 valence electrons. The monoisotopic (exact) mass is 430 g/mol. The second-order valence-electron chi connectivity index (χ2n) is 7.53. The van der Waals surface area contributed by atoms with Crippen LogP contribution >= 0.6 is 0 Å². The number of sulfonamides is 1. The Labute approximate surface area is 176 Å². The molecule has 2 N–H and O–H groups in total. The predicted octanol–water partition coefficient (Wildman–Crippen LogP) is 4.94. The van der Waals surface area contributed by atoms with Gasteiger partial charge in [0, 0.05) is 30.4 Å². The molecule has 0 aliphatic heterocycles. The van der Waals surface area contributed by atoms with Crippen molar-refractivity contribution >= 4 is 15.7 Å². The summed E-state index contributed by atoms with van der Waals surface area (Å²) in [5, 5.41) is 5.27. The van der Waals surface area contributed by atoms with Gasteiger partial charge in [-0.1, -0.05) is 50.2 Å². The Kier molecular flexibility index (Phi) is 6.53. The second kappa shape index (κ2) is 8.93. The molecule has 3 aromatic rings. The Morgan fingerprint density at radius 2 is 1.63 bits per heavy atom. The van der Waals surface area contributed by atoms with Crippen LogP contribution < -0.4 is 10.0 Å². The molecule has 0 radical (unpaired) electrons. The van der Waals surface area contributed by atoms with Crippen molar-refractivity contribution in [1.82, 2.24) is 0 Å². The maximum absolute atomic E-state index is 14.3. The van der Waals surface area contributed by atoms with E-state index in [1.54, 1.807) is 12.1 Å². The fourth-order valence-corrected chi connectivity index (χ4v) is 3.73. The molecule has 0 atom stereocenters. The van der Waals surface area contributed by atoms with Gasteiger partial charge in [0.1, 0.15) is 11.6 Å². The molecule has 3 aromatic carbocycles. The largest absolute Gasteiger partial charge is 0.363 e. The fraction of sp³-hybridized carbons (Fsp3) is 0.217. The van der Waals surface area contributed by atoms with Crippen LogP contribution in [0, 0.1) is 11.6 Å². The molecular formula is C23H24F2N2O2S. The molecule has 4 nitrogen and oxygen atoms in total. The minimum Gasteiger partial charge on any atom is -0.363 e. The van der Waals surface area contributed by atoms with Gasteiger partial charge in [-0.05, 0) is 41.3 Å². The molecular weight excluding hydrogens is 406 g/mol. The summed E-state index contributed by atoms with van der Waals surface area (Å²) < 4.78 is 51.2. The van der Waals surface area contributed by atoms with Crippen LogP contribution in [0.5, 0.6) is 0 Å². The van der Waals surface area contributed by atoms with Crippen molar-refractivity contribution in [2.45, 2.75) is 37.8 Å². The van der Waals surface area contributed by atoms with E-state index >= 15 is 0 Å². The lowest BCUT2D eigenvalue weighted by atomic mass is 10.0. The van der Waals surface area contributed by atoms with E-state index in [1.165, 1.54) is 29.8 Å². The topological polar surface area (TPSA) is 63.4 Å². The van der Waals surface area contributed by atoms with E-state index in [0.717, 1.165) is 11.6 Å². The number of primary sulfonamides is 1. The summed E-state index contributed by atoms with van der Waals surface area (Å²) in [6.45, 7) is 4.75. The maximum atomic E-state index is 14.3. The lowest BCUT2D eigenvalue weighted by molar-refractivity contribution is 0.568. The summed E-state index contributed by atoms with van der Waals surface area (Å²) in [7, 11) is -3.88. The first kappa shape index (κ1) is 21.9. The molecule has 0 unspecified atom stereocenters. The van der Waals surface area contributed by atoms with E-state index in [0.29, 0.717) is 23.7 Å². The van der Waals surface area contributed by atoms with Crippen molar-refractivity contribution < 1.29 is 17.2 Å². The Hall–Kier alpha value is -2.77. The predicted molar refractivity (Wildman–Crippen MR) is 115 cm³/mol. The van der Waals surface area contributed by atoms with Crippen LogP contribution in [-0.2, 0) is 23.1 Å². The maximum Gasteiger partial charge on any atom is 0.238 e.